The summed E-state index contributed by atoms with van der Waals surface area (Å²) in [6.45, 7) is 6.44. The minimum absolute atomic E-state index is 0.164. The lowest BCUT2D eigenvalue weighted by molar-refractivity contribution is -0.120. The van der Waals surface area contributed by atoms with Crippen molar-refractivity contribution in [3.8, 4) is 0 Å². The number of aryl methyl sites for hydroxylation is 1. The van der Waals surface area contributed by atoms with E-state index in [4.69, 9.17) is 9.47 Å². The van der Waals surface area contributed by atoms with Crippen molar-refractivity contribution in [2.45, 2.75) is 57.4 Å². The van der Waals surface area contributed by atoms with Crippen molar-refractivity contribution < 1.29 is 9.47 Å². The second kappa shape index (κ2) is 5.32. The van der Waals surface area contributed by atoms with Gasteiger partial charge in [0.2, 0.25) is 0 Å². The van der Waals surface area contributed by atoms with Crippen LogP contribution >= 0.6 is 0 Å². The smallest absolute Gasteiger partial charge is 0.100 e. The average molecular weight is 305 g/mol. The molecule has 5 heteroatoms. The first-order chi connectivity index (χ1) is 10.6. The maximum atomic E-state index is 5.98. The van der Waals surface area contributed by atoms with E-state index in [0.717, 1.165) is 26.1 Å². The van der Waals surface area contributed by atoms with Gasteiger partial charge in [-0.1, -0.05) is 13.8 Å². The molecule has 1 N–H and O–H groups in total. The van der Waals surface area contributed by atoms with Crippen LogP contribution in [0.25, 0.3) is 0 Å². The number of rotatable bonds is 3. The second-order valence-electron chi connectivity index (χ2n) is 7.72. The third kappa shape index (κ3) is 2.22. The predicted molar refractivity (Wildman–Crippen MR) is 83.5 cm³/mol. The first-order valence-corrected chi connectivity index (χ1v) is 8.53. The fraction of sp³-hybridized carbons (Fsp3) is 0.824. The summed E-state index contributed by atoms with van der Waals surface area (Å²) in [5.74, 6) is 0.702. The Labute approximate surface area is 132 Å². The van der Waals surface area contributed by atoms with Crippen LogP contribution in [0.15, 0.2) is 12.5 Å². The summed E-state index contributed by atoms with van der Waals surface area (Å²) in [5, 5.41) is 3.94. The molecule has 3 fully saturated rings. The van der Waals surface area contributed by atoms with Gasteiger partial charge in [-0.2, -0.15) is 0 Å². The normalized spacial score (nSPS) is 40.2. The molecule has 1 aromatic rings. The van der Waals surface area contributed by atoms with Gasteiger partial charge in [0.05, 0.1) is 24.3 Å². The molecule has 3 heterocycles. The molecule has 5 atom stereocenters. The Hall–Kier alpha value is -0.910. The van der Waals surface area contributed by atoms with Crippen LogP contribution in [0.3, 0.4) is 0 Å². The summed E-state index contributed by atoms with van der Waals surface area (Å²) >= 11 is 0. The van der Waals surface area contributed by atoms with E-state index in [2.05, 4.69) is 28.7 Å². The fourth-order valence-electron chi connectivity index (χ4n) is 4.75. The van der Waals surface area contributed by atoms with E-state index in [-0.39, 0.29) is 11.5 Å². The molecule has 22 heavy (non-hydrogen) atoms. The summed E-state index contributed by atoms with van der Waals surface area (Å²) in [7, 11) is 2.04. The van der Waals surface area contributed by atoms with Gasteiger partial charge in [-0.15, -0.1) is 0 Å². The first kappa shape index (κ1) is 14.7. The lowest BCUT2D eigenvalue weighted by Gasteiger charge is -2.56. The molecule has 5 nitrogen and oxygen atoms in total. The standard InChI is InChI=1S/C17H27N3O2/c1-17(2)15(12-5-7-22-16(12)17)19-11-4-6-21-14(8-11)13-9-18-10-20(13)3/h9-12,14-16,19H,4-8H2,1-3H3/t11-,12-,14+,15-,16-/m1/s1. The van der Waals surface area contributed by atoms with E-state index in [1.165, 1.54) is 12.1 Å². The minimum Gasteiger partial charge on any atom is -0.377 e. The molecule has 1 saturated carbocycles. The predicted octanol–water partition coefficient (Wildman–Crippen LogP) is 2.04. The quantitative estimate of drug-likeness (QED) is 0.928. The average Bonchev–Trinajstić information content (AvgIpc) is 3.12. The summed E-state index contributed by atoms with van der Waals surface area (Å²) in [6.07, 6.45) is 7.74. The molecule has 2 aliphatic heterocycles. The minimum atomic E-state index is 0.164. The Morgan fingerprint density at radius 3 is 2.86 bits per heavy atom. The van der Waals surface area contributed by atoms with Gasteiger partial charge in [0, 0.05) is 43.7 Å². The monoisotopic (exact) mass is 305 g/mol. The van der Waals surface area contributed by atoms with Crippen molar-refractivity contribution in [2.75, 3.05) is 13.2 Å². The van der Waals surface area contributed by atoms with Gasteiger partial charge in [0.15, 0.2) is 0 Å². The highest BCUT2D eigenvalue weighted by Crippen LogP contribution is 2.52. The Kier molecular flexibility index (Phi) is 3.55. The lowest BCUT2D eigenvalue weighted by atomic mass is 9.57. The molecular formula is C17H27N3O2. The van der Waals surface area contributed by atoms with Crippen LogP contribution < -0.4 is 5.32 Å². The third-order valence-electron chi connectivity index (χ3n) is 5.98. The Balaban J connectivity index is 1.42. The molecule has 2 saturated heterocycles. The van der Waals surface area contributed by atoms with Crippen LogP contribution in [0.5, 0.6) is 0 Å². The van der Waals surface area contributed by atoms with Crippen molar-refractivity contribution in [3.05, 3.63) is 18.2 Å². The van der Waals surface area contributed by atoms with Gasteiger partial charge in [-0.3, -0.25) is 0 Å². The molecule has 3 aliphatic rings. The summed E-state index contributed by atoms with van der Waals surface area (Å²) in [5.41, 5.74) is 1.43. The van der Waals surface area contributed by atoms with Gasteiger partial charge in [0.25, 0.3) is 0 Å². The molecule has 122 valence electrons. The van der Waals surface area contributed by atoms with Crippen LogP contribution in [-0.2, 0) is 16.5 Å². The van der Waals surface area contributed by atoms with E-state index in [1.807, 2.05) is 19.6 Å². The van der Waals surface area contributed by atoms with Crippen molar-refractivity contribution in [2.24, 2.45) is 18.4 Å². The molecule has 0 amide bonds. The largest absolute Gasteiger partial charge is 0.377 e. The Bertz CT molecular complexity index is 542. The zero-order chi connectivity index (χ0) is 15.3. The number of ether oxygens (including phenoxy) is 2. The fourth-order valence-corrected chi connectivity index (χ4v) is 4.75. The summed E-state index contributed by atoms with van der Waals surface area (Å²) in [4.78, 5) is 4.22. The van der Waals surface area contributed by atoms with E-state index in [0.29, 0.717) is 24.1 Å². The SMILES string of the molecule is Cn1cncc1[C@@H]1C[C@H](N[C@@H]2[C@H]3CCO[C@H]3C2(C)C)CCO1. The molecule has 0 aromatic carbocycles. The second-order valence-corrected chi connectivity index (χ2v) is 7.72. The van der Waals surface area contributed by atoms with Crippen LogP contribution in [0.4, 0.5) is 0 Å². The topological polar surface area (TPSA) is 48.3 Å². The Morgan fingerprint density at radius 1 is 1.27 bits per heavy atom. The molecule has 0 unspecified atom stereocenters. The molecule has 0 spiro atoms. The van der Waals surface area contributed by atoms with Crippen molar-refractivity contribution in [1.82, 2.24) is 14.9 Å². The van der Waals surface area contributed by atoms with Crippen molar-refractivity contribution in [1.29, 1.82) is 0 Å². The summed E-state index contributed by atoms with van der Waals surface area (Å²) < 4.78 is 14.0. The molecule has 0 bridgehead atoms. The number of fused-ring (bicyclic) bond motifs is 1. The van der Waals surface area contributed by atoms with Crippen LogP contribution in [0.1, 0.15) is 44.9 Å². The maximum Gasteiger partial charge on any atom is 0.100 e. The zero-order valence-corrected chi connectivity index (χ0v) is 13.8. The van der Waals surface area contributed by atoms with Gasteiger partial charge < -0.3 is 19.4 Å². The lowest BCUT2D eigenvalue weighted by Crippen LogP contribution is -2.67. The van der Waals surface area contributed by atoms with E-state index in [9.17, 15) is 0 Å². The Morgan fingerprint density at radius 2 is 2.09 bits per heavy atom. The molecule has 1 aliphatic carbocycles. The van der Waals surface area contributed by atoms with Gasteiger partial charge in [0.1, 0.15) is 6.10 Å². The van der Waals surface area contributed by atoms with Crippen molar-refractivity contribution >= 4 is 0 Å². The van der Waals surface area contributed by atoms with Gasteiger partial charge >= 0.3 is 0 Å². The highest BCUT2D eigenvalue weighted by Gasteiger charge is 2.59. The molecule has 4 rings (SSSR count). The van der Waals surface area contributed by atoms with E-state index >= 15 is 0 Å². The number of nitrogens with one attached hydrogen (secondary N) is 1. The number of aromatic nitrogens is 2. The number of hydrogen-bond acceptors (Lipinski definition) is 4. The number of hydrogen-bond donors (Lipinski definition) is 1. The van der Waals surface area contributed by atoms with E-state index in [1.54, 1.807) is 0 Å². The zero-order valence-electron chi connectivity index (χ0n) is 13.8. The molecule has 1 aromatic heterocycles. The van der Waals surface area contributed by atoms with Gasteiger partial charge in [-0.05, 0) is 19.3 Å². The van der Waals surface area contributed by atoms with E-state index < -0.39 is 0 Å². The number of nitrogens with zero attached hydrogens (tertiary/aromatic N) is 2. The van der Waals surface area contributed by atoms with Gasteiger partial charge in [-0.25, -0.2) is 4.98 Å². The van der Waals surface area contributed by atoms with Crippen molar-refractivity contribution in [3.63, 3.8) is 0 Å². The first-order valence-electron chi connectivity index (χ1n) is 8.53. The molecule has 0 radical (unpaired) electrons. The molecular weight excluding hydrogens is 278 g/mol. The number of imidazole rings is 1. The van der Waals surface area contributed by atoms with Crippen LogP contribution in [-0.4, -0.2) is 41.0 Å². The maximum absolute atomic E-state index is 5.98. The highest BCUT2D eigenvalue weighted by molar-refractivity contribution is 5.12. The van der Waals surface area contributed by atoms with Crippen LogP contribution in [0.2, 0.25) is 0 Å². The summed E-state index contributed by atoms with van der Waals surface area (Å²) in [6, 6.07) is 1.11. The highest BCUT2D eigenvalue weighted by atomic mass is 16.5. The van der Waals surface area contributed by atoms with Crippen LogP contribution in [0, 0.1) is 11.3 Å². The third-order valence-corrected chi connectivity index (χ3v) is 5.98.